The first kappa shape index (κ1) is 22.6. The number of carbonyl (C=O) groups excluding carboxylic acids is 1. The molecule has 1 atom stereocenters. The van der Waals surface area contributed by atoms with Crippen LogP contribution in [0.1, 0.15) is 32.8 Å². The van der Waals surface area contributed by atoms with Crippen molar-refractivity contribution in [1.82, 2.24) is 4.90 Å². The minimum atomic E-state index is -3.97. The third kappa shape index (κ3) is 6.18. The van der Waals surface area contributed by atoms with Crippen LogP contribution in [0.25, 0.3) is 0 Å². The zero-order valence-corrected chi connectivity index (χ0v) is 18.2. The fourth-order valence-electron chi connectivity index (χ4n) is 2.68. The third-order valence-corrected chi connectivity index (χ3v) is 7.70. The van der Waals surface area contributed by atoms with E-state index in [4.69, 9.17) is 8.92 Å². The maximum Gasteiger partial charge on any atom is 0.410 e. The van der Waals surface area contributed by atoms with E-state index in [0.717, 1.165) is 5.56 Å². The number of nitrogens with zero attached hydrogens (tertiary/aromatic N) is 1. The molecule has 28 heavy (non-hydrogen) atoms. The van der Waals surface area contributed by atoms with E-state index in [2.05, 4.69) is 0 Å². The molecule has 1 aromatic carbocycles. The second kappa shape index (κ2) is 8.38. The van der Waals surface area contributed by atoms with Crippen molar-refractivity contribution in [3.8, 4) is 0 Å². The van der Waals surface area contributed by atoms with Crippen LogP contribution < -0.4 is 0 Å². The maximum atomic E-state index is 12.3. The summed E-state index contributed by atoms with van der Waals surface area (Å²) in [5, 5.41) is -0.901. The van der Waals surface area contributed by atoms with E-state index in [1.54, 1.807) is 32.9 Å². The first-order valence-electron chi connectivity index (χ1n) is 8.96. The molecule has 1 aliphatic rings. The second-order valence-corrected chi connectivity index (χ2v) is 11.8. The maximum absolute atomic E-state index is 12.3. The summed E-state index contributed by atoms with van der Waals surface area (Å²) in [4.78, 5) is 13.6. The van der Waals surface area contributed by atoms with Crippen molar-refractivity contribution in [1.29, 1.82) is 0 Å². The molecular formula is C18H27NO7S2. The van der Waals surface area contributed by atoms with Crippen LogP contribution in [-0.4, -0.2) is 64.1 Å². The number of amides is 1. The molecule has 2 rings (SSSR count). The molecule has 1 fully saturated rings. The smallest absolute Gasteiger partial charge is 0.410 e. The summed E-state index contributed by atoms with van der Waals surface area (Å²) in [7, 11) is -7.41. The molecule has 1 saturated heterocycles. The second-order valence-electron chi connectivity index (χ2n) is 7.79. The van der Waals surface area contributed by atoms with Gasteiger partial charge in [-0.1, -0.05) is 17.7 Å². The average Bonchev–Trinajstić information content (AvgIpc) is 2.55. The number of hydrogen-bond acceptors (Lipinski definition) is 7. The Morgan fingerprint density at radius 1 is 1.21 bits per heavy atom. The monoisotopic (exact) mass is 433 g/mol. The molecule has 1 unspecified atom stereocenters. The summed E-state index contributed by atoms with van der Waals surface area (Å²) < 4.78 is 59.4. The number of benzene rings is 1. The zero-order chi connectivity index (χ0) is 21.2. The lowest BCUT2D eigenvalue weighted by atomic mass is 10.2. The molecule has 8 nitrogen and oxygen atoms in total. The van der Waals surface area contributed by atoms with E-state index < -0.39 is 36.9 Å². The van der Waals surface area contributed by atoms with Crippen LogP contribution >= 0.6 is 0 Å². The van der Waals surface area contributed by atoms with Gasteiger partial charge in [0.2, 0.25) is 0 Å². The van der Waals surface area contributed by atoms with Crippen LogP contribution in [0.3, 0.4) is 0 Å². The Balaban J connectivity index is 1.99. The van der Waals surface area contributed by atoms with Crippen molar-refractivity contribution in [3.05, 3.63) is 29.8 Å². The van der Waals surface area contributed by atoms with E-state index >= 15 is 0 Å². The van der Waals surface area contributed by atoms with Crippen LogP contribution in [0.15, 0.2) is 29.2 Å². The highest BCUT2D eigenvalue weighted by atomic mass is 32.2. The topological polar surface area (TPSA) is 107 Å². The number of carbonyl (C=O) groups is 1. The molecule has 0 spiro atoms. The molecule has 0 bridgehead atoms. The van der Waals surface area contributed by atoms with Gasteiger partial charge >= 0.3 is 6.09 Å². The van der Waals surface area contributed by atoms with Gasteiger partial charge in [0.1, 0.15) is 5.60 Å². The third-order valence-electron chi connectivity index (χ3n) is 4.22. The Bertz CT molecular complexity index is 900. The molecule has 0 radical (unpaired) electrons. The van der Waals surface area contributed by atoms with Gasteiger partial charge in [-0.2, -0.15) is 8.42 Å². The Labute approximate surface area is 166 Å². The van der Waals surface area contributed by atoms with Gasteiger partial charge in [-0.15, -0.1) is 0 Å². The Morgan fingerprint density at radius 3 is 2.39 bits per heavy atom. The first-order valence-corrected chi connectivity index (χ1v) is 12.1. The summed E-state index contributed by atoms with van der Waals surface area (Å²) >= 11 is 0. The molecule has 0 aromatic heterocycles. The Morgan fingerprint density at radius 2 is 1.82 bits per heavy atom. The van der Waals surface area contributed by atoms with Gasteiger partial charge in [0.25, 0.3) is 10.1 Å². The first-order chi connectivity index (χ1) is 12.8. The van der Waals surface area contributed by atoms with Crippen molar-refractivity contribution in [2.45, 2.75) is 49.9 Å². The highest BCUT2D eigenvalue weighted by Crippen LogP contribution is 2.20. The molecule has 1 amide bonds. The van der Waals surface area contributed by atoms with E-state index in [9.17, 15) is 21.6 Å². The van der Waals surface area contributed by atoms with Gasteiger partial charge in [-0.05, 0) is 46.2 Å². The van der Waals surface area contributed by atoms with Crippen molar-refractivity contribution in [3.63, 3.8) is 0 Å². The van der Waals surface area contributed by atoms with Gasteiger partial charge in [0.15, 0.2) is 9.84 Å². The molecule has 1 aromatic rings. The fraction of sp³-hybridized carbons (Fsp3) is 0.611. The quantitative estimate of drug-likeness (QED) is 0.655. The molecule has 0 saturated carbocycles. The molecule has 0 aliphatic carbocycles. The van der Waals surface area contributed by atoms with Gasteiger partial charge in [0, 0.05) is 13.1 Å². The summed E-state index contributed by atoms with van der Waals surface area (Å²) in [5.74, 6) is -0.193. The largest absolute Gasteiger partial charge is 0.444 e. The van der Waals surface area contributed by atoms with E-state index in [1.165, 1.54) is 17.0 Å². The average molecular weight is 434 g/mol. The van der Waals surface area contributed by atoms with E-state index in [0.29, 0.717) is 0 Å². The highest BCUT2D eigenvalue weighted by molar-refractivity contribution is 7.92. The molecule has 158 valence electrons. The zero-order valence-electron chi connectivity index (χ0n) is 16.5. The van der Waals surface area contributed by atoms with Crippen molar-refractivity contribution in [2.24, 2.45) is 0 Å². The SMILES string of the molecule is Cc1ccc(S(=O)(=O)OCCC2CN(C(=O)OC(C)(C)C)CCS2(=O)=O)cc1. The predicted molar refractivity (Wildman–Crippen MR) is 104 cm³/mol. The summed E-state index contributed by atoms with van der Waals surface area (Å²) in [5.41, 5.74) is 0.225. The van der Waals surface area contributed by atoms with Gasteiger partial charge in [-0.3, -0.25) is 4.18 Å². The summed E-state index contributed by atoms with van der Waals surface area (Å²) in [6.45, 7) is 6.73. The van der Waals surface area contributed by atoms with Crippen molar-refractivity contribution in [2.75, 3.05) is 25.4 Å². The van der Waals surface area contributed by atoms with Gasteiger partial charge in [0.05, 0.1) is 22.5 Å². The van der Waals surface area contributed by atoms with Gasteiger partial charge in [-0.25, -0.2) is 13.2 Å². The van der Waals surface area contributed by atoms with Crippen LogP contribution in [-0.2, 0) is 28.9 Å². The standard InChI is InChI=1S/C18H27NO7S2/c1-14-5-7-15(8-6-14)28(23,24)25-11-9-16-13-19(10-12-27(16,21)22)17(20)26-18(2,3)4/h5-8,16H,9-13H2,1-4H3. The van der Waals surface area contributed by atoms with Crippen LogP contribution in [0.2, 0.25) is 0 Å². The fourth-order valence-corrected chi connectivity index (χ4v) is 5.27. The number of rotatable bonds is 5. The lowest BCUT2D eigenvalue weighted by Gasteiger charge is -2.33. The lowest BCUT2D eigenvalue weighted by Crippen LogP contribution is -2.50. The normalized spacial score (nSPS) is 20.0. The summed E-state index contributed by atoms with van der Waals surface area (Å²) in [6, 6.07) is 6.18. The minimum Gasteiger partial charge on any atom is -0.444 e. The number of ether oxygens (including phenoxy) is 1. The molecule has 0 N–H and O–H groups in total. The van der Waals surface area contributed by atoms with Gasteiger partial charge < -0.3 is 9.64 Å². The number of aryl methyl sites for hydroxylation is 1. The lowest BCUT2D eigenvalue weighted by molar-refractivity contribution is 0.0250. The number of sulfone groups is 1. The van der Waals surface area contributed by atoms with Crippen molar-refractivity contribution < 1.29 is 30.6 Å². The molecule has 10 heteroatoms. The van der Waals surface area contributed by atoms with E-state index in [-0.39, 0.29) is 36.8 Å². The van der Waals surface area contributed by atoms with Crippen LogP contribution in [0.4, 0.5) is 4.79 Å². The van der Waals surface area contributed by atoms with Crippen LogP contribution in [0, 0.1) is 6.92 Å². The Kier molecular flexibility index (Phi) is 6.78. The summed E-state index contributed by atoms with van der Waals surface area (Å²) in [6.07, 6.45) is -0.618. The predicted octanol–water partition coefficient (Wildman–Crippen LogP) is 2.12. The number of hydrogen-bond donors (Lipinski definition) is 0. The van der Waals surface area contributed by atoms with Crippen molar-refractivity contribution >= 4 is 26.0 Å². The minimum absolute atomic E-state index is 0.0139. The molecule has 1 heterocycles. The molecular weight excluding hydrogens is 406 g/mol. The van der Waals surface area contributed by atoms with E-state index in [1.807, 2.05) is 6.92 Å². The molecule has 1 aliphatic heterocycles. The van der Waals surface area contributed by atoms with Crippen LogP contribution in [0.5, 0.6) is 0 Å². The highest BCUT2D eigenvalue weighted by Gasteiger charge is 2.36. The Hall–Kier alpha value is -1.65.